The Morgan fingerprint density at radius 2 is 2.14 bits per heavy atom. The predicted molar refractivity (Wildman–Crippen MR) is 34.1 cm³/mol. The molecule has 0 rings (SSSR count). The summed E-state index contributed by atoms with van der Waals surface area (Å²) in [6.45, 7) is 2.33. The van der Waals surface area contributed by atoms with Gasteiger partial charge >= 0.3 is 29.6 Å². The van der Waals surface area contributed by atoms with E-state index in [1.165, 1.54) is 0 Å². The number of hydrogen-bond acceptors (Lipinski definition) is 2. The summed E-state index contributed by atoms with van der Waals surface area (Å²) in [5.74, 6) is 0. The SMILES string of the molecule is CC=C(N)CN.[NaH]. The van der Waals surface area contributed by atoms with E-state index in [2.05, 4.69) is 0 Å². The molecular formula is C4H11N2Na. The van der Waals surface area contributed by atoms with Crippen LogP contribution in [0.15, 0.2) is 11.8 Å². The van der Waals surface area contributed by atoms with E-state index < -0.39 is 0 Å². The molecule has 0 bridgehead atoms. The first-order chi connectivity index (χ1) is 2.81. The van der Waals surface area contributed by atoms with Crippen molar-refractivity contribution in [1.29, 1.82) is 0 Å². The van der Waals surface area contributed by atoms with Crippen LogP contribution in [0.4, 0.5) is 0 Å². The van der Waals surface area contributed by atoms with Crippen LogP contribution in [-0.4, -0.2) is 36.1 Å². The van der Waals surface area contributed by atoms with Gasteiger partial charge in [-0.1, -0.05) is 6.08 Å². The first kappa shape index (κ1) is 10.5. The van der Waals surface area contributed by atoms with E-state index in [0.29, 0.717) is 6.54 Å². The zero-order chi connectivity index (χ0) is 4.99. The predicted octanol–water partition coefficient (Wildman–Crippen LogP) is -0.841. The third-order valence-electron chi connectivity index (χ3n) is 0.606. The van der Waals surface area contributed by atoms with Gasteiger partial charge in [0.25, 0.3) is 0 Å². The minimum atomic E-state index is 0. The molecule has 0 heterocycles. The summed E-state index contributed by atoms with van der Waals surface area (Å²) < 4.78 is 0. The summed E-state index contributed by atoms with van der Waals surface area (Å²) in [6.07, 6.45) is 1.79. The molecule has 0 unspecified atom stereocenters. The Balaban J connectivity index is 0. The number of nitrogens with two attached hydrogens (primary N) is 2. The molecule has 0 radical (unpaired) electrons. The molecular weight excluding hydrogens is 99.0 g/mol. The number of rotatable bonds is 1. The van der Waals surface area contributed by atoms with Gasteiger partial charge in [0.15, 0.2) is 0 Å². The van der Waals surface area contributed by atoms with Gasteiger partial charge in [0.05, 0.1) is 0 Å². The third kappa shape index (κ3) is 6.50. The topological polar surface area (TPSA) is 52.0 Å². The van der Waals surface area contributed by atoms with Crippen LogP contribution in [0.25, 0.3) is 0 Å². The molecule has 3 heteroatoms. The molecule has 0 aromatic heterocycles. The van der Waals surface area contributed by atoms with E-state index in [1.54, 1.807) is 6.08 Å². The van der Waals surface area contributed by atoms with Crippen molar-refractivity contribution < 1.29 is 0 Å². The molecule has 0 spiro atoms. The molecule has 0 saturated heterocycles. The minimum absolute atomic E-state index is 0. The summed E-state index contributed by atoms with van der Waals surface area (Å²) in [7, 11) is 0. The van der Waals surface area contributed by atoms with Crippen LogP contribution in [0, 0.1) is 0 Å². The first-order valence-corrected chi connectivity index (χ1v) is 1.92. The van der Waals surface area contributed by atoms with Crippen molar-refractivity contribution >= 4 is 29.6 Å². The normalized spacial score (nSPS) is 10.3. The quantitative estimate of drug-likeness (QED) is 0.432. The number of allylic oxidation sites excluding steroid dienone is 1. The van der Waals surface area contributed by atoms with Gasteiger partial charge in [-0.05, 0) is 6.92 Å². The van der Waals surface area contributed by atoms with Crippen LogP contribution >= 0.6 is 0 Å². The van der Waals surface area contributed by atoms with Crippen LogP contribution in [0.3, 0.4) is 0 Å². The molecule has 0 saturated carbocycles. The van der Waals surface area contributed by atoms with E-state index in [4.69, 9.17) is 11.5 Å². The summed E-state index contributed by atoms with van der Waals surface area (Å²) >= 11 is 0. The number of hydrogen-bond donors (Lipinski definition) is 2. The Morgan fingerprint density at radius 1 is 1.71 bits per heavy atom. The van der Waals surface area contributed by atoms with Gasteiger partial charge in [0.2, 0.25) is 0 Å². The maximum absolute atomic E-state index is 5.21. The molecule has 2 nitrogen and oxygen atoms in total. The average molecular weight is 110 g/mol. The Labute approximate surface area is 66.2 Å². The summed E-state index contributed by atoms with van der Waals surface area (Å²) in [5.41, 5.74) is 11.0. The van der Waals surface area contributed by atoms with Crippen molar-refractivity contribution in [3.8, 4) is 0 Å². The van der Waals surface area contributed by atoms with Crippen LogP contribution in [-0.2, 0) is 0 Å². The van der Waals surface area contributed by atoms with Crippen molar-refractivity contribution in [2.45, 2.75) is 6.92 Å². The third-order valence-corrected chi connectivity index (χ3v) is 0.606. The van der Waals surface area contributed by atoms with Crippen molar-refractivity contribution in [2.24, 2.45) is 11.5 Å². The Hall–Kier alpha value is 0.500. The van der Waals surface area contributed by atoms with E-state index in [9.17, 15) is 0 Å². The van der Waals surface area contributed by atoms with Crippen LogP contribution in [0.1, 0.15) is 6.92 Å². The summed E-state index contributed by atoms with van der Waals surface area (Å²) in [6, 6.07) is 0. The van der Waals surface area contributed by atoms with Crippen LogP contribution < -0.4 is 11.5 Å². The molecule has 0 fully saturated rings. The molecule has 4 N–H and O–H groups in total. The van der Waals surface area contributed by atoms with Crippen molar-refractivity contribution in [1.82, 2.24) is 0 Å². The summed E-state index contributed by atoms with van der Waals surface area (Å²) in [5, 5.41) is 0. The van der Waals surface area contributed by atoms with Gasteiger partial charge in [0, 0.05) is 12.2 Å². The molecule has 0 aromatic carbocycles. The molecule has 0 aliphatic carbocycles. The van der Waals surface area contributed by atoms with E-state index in [0.717, 1.165) is 5.70 Å². The fourth-order valence-corrected chi connectivity index (χ4v) is 0.118. The fraction of sp³-hybridized carbons (Fsp3) is 0.500. The summed E-state index contributed by atoms with van der Waals surface area (Å²) in [4.78, 5) is 0. The van der Waals surface area contributed by atoms with Gasteiger partial charge in [-0.2, -0.15) is 0 Å². The van der Waals surface area contributed by atoms with Gasteiger partial charge in [-0.3, -0.25) is 0 Å². The fourth-order valence-electron chi connectivity index (χ4n) is 0.118. The standard InChI is InChI=1S/C4H10N2.Na.H/c1-2-4(6)3-5;;/h2H,3,5-6H2,1H3;;. The van der Waals surface area contributed by atoms with Crippen molar-refractivity contribution in [3.63, 3.8) is 0 Å². The Morgan fingerprint density at radius 3 is 2.14 bits per heavy atom. The van der Waals surface area contributed by atoms with Gasteiger partial charge in [-0.15, -0.1) is 0 Å². The van der Waals surface area contributed by atoms with Crippen molar-refractivity contribution in [2.75, 3.05) is 6.54 Å². The Bertz CT molecular complexity index is 60.7. The second-order valence-electron chi connectivity index (χ2n) is 1.07. The zero-order valence-corrected chi connectivity index (χ0v) is 3.94. The zero-order valence-electron chi connectivity index (χ0n) is 3.94. The second-order valence-corrected chi connectivity index (χ2v) is 1.07. The monoisotopic (exact) mass is 110 g/mol. The van der Waals surface area contributed by atoms with Gasteiger partial charge < -0.3 is 11.5 Å². The molecule has 0 aliphatic rings. The molecule has 0 amide bonds. The Kier molecular flexibility index (Phi) is 9.73. The van der Waals surface area contributed by atoms with Gasteiger partial charge in [0.1, 0.15) is 0 Å². The van der Waals surface area contributed by atoms with Gasteiger partial charge in [-0.25, -0.2) is 0 Å². The molecule has 0 atom stereocenters. The molecule has 0 aromatic rings. The molecule has 38 valence electrons. The first-order valence-electron chi connectivity index (χ1n) is 1.92. The van der Waals surface area contributed by atoms with Crippen molar-refractivity contribution in [3.05, 3.63) is 11.8 Å². The van der Waals surface area contributed by atoms with Crippen LogP contribution in [0.5, 0.6) is 0 Å². The maximum atomic E-state index is 5.21. The average Bonchev–Trinajstić information content (AvgIpc) is 1.65. The second kappa shape index (κ2) is 6.50. The molecule has 7 heavy (non-hydrogen) atoms. The molecule has 0 aliphatic heterocycles. The van der Waals surface area contributed by atoms with Crippen LogP contribution in [0.2, 0.25) is 0 Å². The van der Waals surface area contributed by atoms with E-state index in [1.807, 2.05) is 6.92 Å². The van der Waals surface area contributed by atoms with E-state index in [-0.39, 0.29) is 29.6 Å². The van der Waals surface area contributed by atoms with E-state index >= 15 is 0 Å².